The van der Waals surface area contributed by atoms with E-state index in [1.54, 1.807) is 0 Å². The highest BCUT2D eigenvalue weighted by atomic mass is 35.5. The SMILES string of the molecule is O=C(Cl)c1ccc2c(c1[N+](=O)[O-])C(=O)c1ccc(C(=O)Cl)c([N+](=O)[O-])c1C2=O. The second-order valence-electron chi connectivity index (χ2n) is 5.49. The molecular weight excluding hydrogens is 419 g/mol. The van der Waals surface area contributed by atoms with Crippen molar-refractivity contribution < 1.29 is 29.0 Å². The van der Waals surface area contributed by atoms with Crippen molar-refractivity contribution in [2.75, 3.05) is 0 Å². The molecule has 2 aromatic rings. The van der Waals surface area contributed by atoms with Crippen LogP contribution in [-0.2, 0) is 0 Å². The molecule has 1 aliphatic rings. The highest BCUT2D eigenvalue weighted by Gasteiger charge is 2.43. The van der Waals surface area contributed by atoms with Gasteiger partial charge in [-0.25, -0.2) is 0 Å². The van der Waals surface area contributed by atoms with Gasteiger partial charge in [-0.15, -0.1) is 0 Å². The van der Waals surface area contributed by atoms with Gasteiger partial charge in [0, 0.05) is 11.1 Å². The molecule has 0 unspecified atom stereocenters. The van der Waals surface area contributed by atoms with Gasteiger partial charge in [-0.1, -0.05) is 0 Å². The van der Waals surface area contributed by atoms with Crippen molar-refractivity contribution in [1.82, 2.24) is 0 Å². The van der Waals surface area contributed by atoms with E-state index in [9.17, 15) is 39.4 Å². The molecule has 140 valence electrons. The van der Waals surface area contributed by atoms with Crippen molar-refractivity contribution in [3.63, 3.8) is 0 Å². The topological polar surface area (TPSA) is 155 Å². The molecule has 0 N–H and O–H groups in total. The summed E-state index contributed by atoms with van der Waals surface area (Å²) in [4.78, 5) is 69.5. The number of carbonyl (C=O) groups excluding carboxylic acids is 4. The average molecular weight is 423 g/mol. The number of nitro groups is 2. The summed E-state index contributed by atoms with van der Waals surface area (Å²) in [5.41, 5.74) is -5.69. The van der Waals surface area contributed by atoms with E-state index in [2.05, 4.69) is 0 Å². The fraction of sp³-hybridized carbons (Fsp3) is 0. The molecule has 0 heterocycles. The van der Waals surface area contributed by atoms with E-state index in [-0.39, 0.29) is 0 Å². The summed E-state index contributed by atoms with van der Waals surface area (Å²) in [6, 6.07) is 3.59. The normalized spacial score (nSPS) is 12.2. The van der Waals surface area contributed by atoms with Gasteiger partial charge in [0.15, 0.2) is 0 Å². The first kappa shape index (κ1) is 19.3. The lowest BCUT2D eigenvalue weighted by Gasteiger charge is -2.18. The molecule has 0 bridgehead atoms. The minimum atomic E-state index is -1.23. The van der Waals surface area contributed by atoms with E-state index >= 15 is 0 Å². The van der Waals surface area contributed by atoms with Gasteiger partial charge in [0.2, 0.25) is 11.6 Å². The van der Waals surface area contributed by atoms with Gasteiger partial charge < -0.3 is 0 Å². The lowest BCUT2D eigenvalue weighted by atomic mass is 9.80. The highest BCUT2D eigenvalue weighted by molar-refractivity contribution is 6.68. The van der Waals surface area contributed by atoms with E-state index in [0.29, 0.717) is 0 Å². The summed E-state index contributed by atoms with van der Waals surface area (Å²) >= 11 is 10.6. The Morgan fingerprint density at radius 1 is 0.714 bits per heavy atom. The van der Waals surface area contributed by atoms with E-state index in [0.717, 1.165) is 24.3 Å². The molecule has 3 rings (SSSR count). The summed E-state index contributed by atoms with van der Waals surface area (Å²) in [5.74, 6) is -2.21. The number of nitro benzene ring substituents is 2. The second-order valence-corrected chi connectivity index (χ2v) is 6.18. The van der Waals surface area contributed by atoms with E-state index < -0.39 is 76.7 Å². The lowest BCUT2D eigenvalue weighted by molar-refractivity contribution is -0.385. The number of hydrogen-bond acceptors (Lipinski definition) is 8. The van der Waals surface area contributed by atoms with Crippen molar-refractivity contribution in [3.8, 4) is 0 Å². The summed E-state index contributed by atoms with van der Waals surface area (Å²) in [6.07, 6.45) is 0. The second kappa shape index (κ2) is 6.59. The molecule has 10 nitrogen and oxygen atoms in total. The first-order valence-electron chi connectivity index (χ1n) is 7.19. The molecule has 1 aliphatic carbocycles. The largest absolute Gasteiger partial charge is 0.293 e. The quantitative estimate of drug-likeness (QED) is 0.352. The van der Waals surface area contributed by atoms with E-state index in [1.165, 1.54) is 0 Å². The third kappa shape index (κ3) is 2.66. The number of rotatable bonds is 4. The third-order valence-electron chi connectivity index (χ3n) is 4.09. The van der Waals surface area contributed by atoms with Crippen molar-refractivity contribution in [2.24, 2.45) is 0 Å². The van der Waals surface area contributed by atoms with E-state index in [4.69, 9.17) is 23.2 Å². The van der Waals surface area contributed by atoms with Gasteiger partial charge in [-0.05, 0) is 47.5 Å². The Hall–Kier alpha value is -3.50. The maximum Gasteiger partial charge on any atom is 0.293 e. The van der Waals surface area contributed by atoms with Crippen LogP contribution >= 0.6 is 23.2 Å². The van der Waals surface area contributed by atoms with Crippen LogP contribution in [0.1, 0.15) is 52.6 Å². The number of ketones is 2. The molecule has 0 amide bonds. The Morgan fingerprint density at radius 2 is 1.04 bits per heavy atom. The molecule has 12 heteroatoms. The molecule has 0 radical (unpaired) electrons. The maximum atomic E-state index is 12.9. The van der Waals surface area contributed by atoms with Crippen LogP contribution in [0.5, 0.6) is 0 Å². The molecule has 0 aromatic heterocycles. The molecule has 0 aliphatic heterocycles. The molecule has 0 saturated carbocycles. The van der Waals surface area contributed by atoms with Crippen LogP contribution in [0.3, 0.4) is 0 Å². The van der Waals surface area contributed by atoms with Crippen molar-refractivity contribution in [3.05, 3.63) is 77.9 Å². The maximum absolute atomic E-state index is 12.9. The van der Waals surface area contributed by atoms with Gasteiger partial charge in [0.05, 0.1) is 9.85 Å². The van der Waals surface area contributed by atoms with Crippen LogP contribution in [0.25, 0.3) is 0 Å². The van der Waals surface area contributed by atoms with Gasteiger partial charge in [-0.3, -0.25) is 39.4 Å². The summed E-state index contributed by atoms with van der Waals surface area (Å²) in [7, 11) is 0. The molecular formula is C16H4Cl2N2O8. The van der Waals surface area contributed by atoms with Crippen LogP contribution in [0.15, 0.2) is 24.3 Å². The zero-order chi connectivity index (χ0) is 20.9. The fourth-order valence-corrected chi connectivity index (χ4v) is 3.29. The molecule has 0 saturated heterocycles. The summed E-state index contributed by atoms with van der Waals surface area (Å²) < 4.78 is 0. The molecule has 28 heavy (non-hydrogen) atoms. The number of fused-ring (bicyclic) bond motifs is 2. The van der Waals surface area contributed by atoms with Crippen molar-refractivity contribution >= 4 is 56.6 Å². The number of nitrogens with zero attached hydrogens (tertiary/aromatic N) is 2. The van der Waals surface area contributed by atoms with Crippen molar-refractivity contribution in [2.45, 2.75) is 0 Å². The summed E-state index contributed by atoms with van der Waals surface area (Å²) in [6.45, 7) is 0. The Labute approximate surface area is 164 Å². The average Bonchev–Trinajstić information content (AvgIpc) is 2.63. The van der Waals surface area contributed by atoms with E-state index in [1.807, 2.05) is 0 Å². The number of benzene rings is 2. The standard InChI is InChI=1S/C16H4Cl2N2O8/c17-15(23)7-3-1-5-9(11(7)19(25)26)14(22)6-2-4-8(16(18)24)12(20(27)28)10(6)13(5)21/h1-4H. The zero-order valence-electron chi connectivity index (χ0n) is 13.2. The van der Waals surface area contributed by atoms with Crippen LogP contribution in [0.4, 0.5) is 11.4 Å². The molecule has 0 spiro atoms. The van der Waals surface area contributed by atoms with Crippen LogP contribution in [0, 0.1) is 20.2 Å². The van der Waals surface area contributed by atoms with Crippen LogP contribution < -0.4 is 0 Å². The van der Waals surface area contributed by atoms with Crippen LogP contribution in [-0.4, -0.2) is 31.9 Å². The predicted octanol–water partition coefficient (Wildman–Crippen LogP) is 3.04. The number of hydrogen-bond donors (Lipinski definition) is 0. The Kier molecular flexibility index (Phi) is 4.53. The van der Waals surface area contributed by atoms with Crippen molar-refractivity contribution in [1.29, 1.82) is 0 Å². The monoisotopic (exact) mass is 422 g/mol. The smallest absolute Gasteiger partial charge is 0.288 e. The first-order chi connectivity index (χ1) is 13.1. The van der Waals surface area contributed by atoms with Crippen LogP contribution in [0.2, 0.25) is 0 Å². The number of halogens is 2. The Morgan fingerprint density at radius 3 is 1.29 bits per heavy atom. The van der Waals surface area contributed by atoms with Gasteiger partial charge >= 0.3 is 0 Å². The molecule has 0 atom stereocenters. The fourth-order valence-electron chi connectivity index (χ4n) is 2.99. The summed E-state index contributed by atoms with van der Waals surface area (Å²) in [5, 5.41) is 20.4. The minimum Gasteiger partial charge on any atom is -0.288 e. The Bertz CT molecular complexity index is 1080. The predicted molar refractivity (Wildman–Crippen MR) is 93.4 cm³/mol. The molecule has 0 fully saturated rings. The first-order valence-corrected chi connectivity index (χ1v) is 7.95. The molecule has 2 aromatic carbocycles. The van der Waals surface area contributed by atoms with Gasteiger partial charge in [-0.2, -0.15) is 0 Å². The Balaban J connectivity index is 2.45. The third-order valence-corrected chi connectivity index (χ3v) is 4.50. The van der Waals surface area contributed by atoms with Gasteiger partial charge in [0.25, 0.3) is 21.9 Å². The minimum absolute atomic E-state index is 0.534. The highest BCUT2D eigenvalue weighted by Crippen LogP contribution is 2.40. The van der Waals surface area contributed by atoms with Gasteiger partial charge in [0.1, 0.15) is 22.3 Å². The number of carbonyl (C=O) groups is 4. The lowest BCUT2D eigenvalue weighted by Crippen LogP contribution is -2.25. The zero-order valence-corrected chi connectivity index (χ0v) is 14.7.